The zero-order chi connectivity index (χ0) is 47.7. The molecule has 3 aromatic carbocycles. The van der Waals surface area contributed by atoms with Crippen LogP contribution in [0.25, 0.3) is 11.3 Å². The molecular weight excluding hydrogens is 854 g/mol. The number of ketones is 1. The first kappa shape index (κ1) is 50.7. The second-order valence-corrected chi connectivity index (χ2v) is 15.0. The lowest BCUT2D eigenvalue weighted by molar-refractivity contribution is -0.171. The summed E-state index contributed by atoms with van der Waals surface area (Å²) in [5.74, 6) is -4.86. The Morgan fingerprint density at radius 1 is 0.862 bits per heavy atom. The molecule has 4 aromatic rings. The number of alkyl halides is 3. The summed E-state index contributed by atoms with van der Waals surface area (Å²) >= 11 is 0. The van der Waals surface area contributed by atoms with Gasteiger partial charge in [0, 0.05) is 12.0 Å². The zero-order valence-electron chi connectivity index (χ0n) is 36.8. The quantitative estimate of drug-likeness (QED) is 0.0207. The summed E-state index contributed by atoms with van der Waals surface area (Å²) in [5, 5.41) is 8.46. The van der Waals surface area contributed by atoms with Crippen LogP contribution in [0.3, 0.4) is 0 Å². The number of esters is 1. The van der Waals surface area contributed by atoms with E-state index in [1.807, 2.05) is 13.0 Å². The van der Waals surface area contributed by atoms with E-state index in [1.54, 1.807) is 44.2 Å². The van der Waals surface area contributed by atoms with Gasteiger partial charge in [-0.05, 0) is 87.2 Å². The van der Waals surface area contributed by atoms with Crippen molar-refractivity contribution in [2.75, 3.05) is 13.3 Å². The second kappa shape index (κ2) is 24.2. The van der Waals surface area contributed by atoms with E-state index in [-0.39, 0.29) is 85.3 Å². The lowest BCUT2D eigenvalue weighted by Crippen LogP contribution is -2.49. The molecule has 3 N–H and O–H groups in total. The highest BCUT2D eigenvalue weighted by Crippen LogP contribution is 2.32. The van der Waals surface area contributed by atoms with Gasteiger partial charge in [0.1, 0.15) is 29.9 Å². The molecule has 4 amide bonds. The standard InChI is InChI=1S/C47H53F3N4O11/c1-6-9-11-16-35(38(7-2)54(28-55)65-45(60)34-20-18-33(23-29(34)4)47(48,49)50)42(57)51-27-52-44(59)40-22-21-39(64-40)32-17-19-36(41(25-32)62-8-3)43(58)53-37(24-30(5)56)46(61)63-26-31-14-12-10-13-15-31/h10,12-15,17-23,25,28,35,37-38H,6-9,11,16,24,26-27H2,1-5H3,(H,51,57)(H,52,59)(H,53,58)/t35-,37+,38-/m1/s1. The minimum Gasteiger partial charge on any atom is -0.493 e. The number of carbonyl (C=O) groups is 7. The number of Topliss-reactive ketones (excluding diaryl/α,β-unsaturated/α-hetero) is 1. The Morgan fingerprint density at radius 2 is 1.58 bits per heavy atom. The fraction of sp³-hybridized carbons (Fsp3) is 0.383. The van der Waals surface area contributed by atoms with Gasteiger partial charge in [0.15, 0.2) is 5.76 Å². The Balaban J connectivity index is 1.41. The van der Waals surface area contributed by atoms with Crippen LogP contribution in [0.1, 0.15) is 114 Å². The molecule has 0 aliphatic heterocycles. The van der Waals surface area contributed by atoms with E-state index < -0.39 is 59.4 Å². The second-order valence-electron chi connectivity index (χ2n) is 15.0. The molecule has 0 aliphatic carbocycles. The summed E-state index contributed by atoms with van der Waals surface area (Å²) in [6.45, 7) is 7.69. The number of hydrogen-bond acceptors (Lipinski definition) is 11. The maximum absolute atomic E-state index is 13.6. The molecule has 4 rings (SSSR count). The molecular formula is C47H53F3N4O11. The number of halogens is 3. The Hall–Kier alpha value is -6.98. The fourth-order valence-electron chi connectivity index (χ4n) is 6.86. The van der Waals surface area contributed by atoms with Crippen molar-refractivity contribution >= 4 is 41.9 Å². The van der Waals surface area contributed by atoms with Crippen molar-refractivity contribution in [2.24, 2.45) is 5.92 Å². The van der Waals surface area contributed by atoms with E-state index in [4.69, 9.17) is 18.7 Å². The van der Waals surface area contributed by atoms with Gasteiger partial charge in [0.05, 0.1) is 41.9 Å². The largest absolute Gasteiger partial charge is 0.493 e. The van der Waals surface area contributed by atoms with Gasteiger partial charge in [0.2, 0.25) is 12.3 Å². The highest BCUT2D eigenvalue weighted by molar-refractivity contribution is 6.00. The number of unbranched alkanes of at least 4 members (excludes halogenated alkanes) is 2. The van der Waals surface area contributed by atoms with Crippen LogP contribution in [-0.2, 0) is 41.5 Å². The van der Waals surface area contributed by atoms with Gasteiger partial charge in [-0.1, -0.05) is 69.5 Å². The van der Waals surface area contributed by atoms with Crippen LogP contribution in [0.5, 0.6) is 5.75 Å². The minimum absolute atomic E-state index is 0.0221. The maximum atomic E-state index is 13.6. The van der Waals surface area contributed by atoms with Gasteiger partial charge in [-0.3, -0.25) is 24.0 Å². The van der Waals surface area contributed by atoms with Crippen molar-refractivity contribution in [2.45, 2.75) is 98.0 Å². The summed E-state index contributed by atoms with van der Waals surface area (Å²) in [6, 6.07) is 16.6. The number of benzene rings is 3. The monoisotopic (exact) mass is 906 g/mol. The molecule has 1 aromatic heterocycles. The van der Waals surface area contributed by atoms with E-state index in [0.29, 0.717) is 17.0 Å². The maximum Gasteiger partial charge on any atom is 0.416 e. The van der Waals surface area contributed by atoms with Crippen LogP contribution in [-0.4, -0.2) is 72.3 Å². The molecule has 0 unspecified atom stereocenters. The number of furan rings is 1. The third-order valence-corrected chi connectivity index (χ3v) is 10.2. The highest BCUT2D eigenvalue weighted by Gasteiger charge is 2.35. The van der Waals surface area contributed by atoms with Crippen LogP contribution in [0, 0.1) is 12.8 Å². The molecule has 18 heteroatoms. The fourth-order valence-corrected chi connectivity index (χ4v) is 6.86. The van der Waals surface area contributed by atoms with E-state index in [0.717, 1.165) is 36.6 Å². The summed E-state index contributed by atoms with van der Waals surface area (Å²) in [5.41, 5.74) is 0.0365. The van der Waals surface area contributed by atoms with Crippen LogP contribution >= 0.6 is 0 Å². The minimum atomic E-state index is -4.63. The molecule has 65 heavy (non-hydrogen) atoms. The number of ether oxygens (including phenoxy) is 2. The van der Waals surface area contributed by atoms with Crippen molar-refractivity contribution in [3.63, 3.8) is 0 Å². The molecule has 0 aliphatic rings. The predicted octanol–water partition coefficient (Wildman–Crippen LogP) is 7.50. The van der Waals surface area contributed by atoms with Crippen molar-refractivity contribution < 1.29 is 65.5 Å². The molecule has 0 saturated heterocycles. The lowest BCUT2D eigenvalue weighted by Gasteiger charge is -2.32. The van der Waals surface area contributed by atoms with Crippen molar-refractivity contribution in [3.8, 4) is 17.1 Å². The molecule has 15 nitrogen and oxygen atoms in total. The van der Waals surface area contributed by atoms with Crippen LogP contribution < -0.4 is 20.7 Å². The van der Waals surface area contributed by atoms with Crippen LogP contribution in [0.15, 0.2) is 83.3 Å². The highest BCUT2D eigenvalue weighted by atomic mass is 19.4. The van der Waals surface area contributed by atoms with E-state index in [2.05, 4.69) is 16.0 Å². The Kier molecular flexibility index (Phi) is 18.8. The molecule has 3 atom stereocenters. The topological polar surface area (TPSA) is 200 Å². The van der Waals surface area contributed by atoms with Gasteiger partial charge in [-0.15, -0.1) is 0 Å². The first-order valence-corrected chi connectivity index (χ1v) is 21.1. The SMILES string of the molecule is CCCCC[C@@H](C(=O)NCNC(=O)c1ccc(-c2ccc(C(=O)N[C@@H](CC(C)=O)C(=O)OCc3ccccc3)c(OCC)c2)o1)[C@@H](CC)N(C=O)OC(=O)c1ccc(C(F)(F)F)cc1C. The average Bonchev–Trinajstić information content (AvgIpc) is 3.78. The van der Waals surface area contributed by atoms with E-state index >= 15 is 0 Å². The van der Waals surface area contributed by atoms with Gasteiger partial charge < -0.3 is 34.7 Å². The number of nitrogens with one attached hydrogen (secondary N) is 3. The Labute approximate surface area is 374 Å². The molecule has 0 fully saturated rings. The number of carbonyl (C=O) groups excluding carboxylic acids is 7. The first-order chi connectivity index (χ1) is 31.0. The molecule has 0 radical (unpaired) electrons. The van der Waals surface area contributed by atoms with Crippen molar-refractivity contribution in [3.05, 3.63) is 112 Å². The van der Waals surface area contributed by atoms with Crippen molar-refractivity contribution in [1.29, 1.82) is 0 Å². The smallest absolute Gasteiger partial charge is 0.416 e. The normalized spacial score (nSPS) is 12.5. The molecule has 0 spiro atoms. The van der Waals surface area contributed by atoms with E-state index in [1.165, 1.54) is 38.1 Å². The predicted molar refractivity (Wildman–Crippen MR) is 230 cm³/mol. The van der Waals surface area contributed by atoms with Crippen LogP contribution in [0.4, 0.5) is 13.2 Å². The Bertz CT molecular complexity index is 2300. The molecule has 348 valence electrons. The van der Waals surface area contributed by atoms with Gasteiger partial charge >= 0.3 is 18.1 Å². The average molecular weight is 907 g/mol. The number of rotatable bonds is 24. The number of hydrogen-bond donors (Lipinski definition) is 3. The third kappa shape index (κ3) is 14.5. The van der Waals surface area contributed by atoms with Gasteiger partial charge in [-0.2, -0.15) is 18.2 Å². The third-order valence-electron chi connectivity index (χ3n) is 10.2. The number of hydroxylamine groups is 2. The number of nitrogens with zero attached hydrogens (tertiary/aromatic N) is 1. The first-order valence-electron chi connectivity index (χ1n) is 21.1. The van der Waals surface area contributed by atoms with Crippen molar-refractivity contribution in [1.82, 2.24) is 21.0 Å². The molecule has 0 bridgehead atoms. The van der Waals surface area contributed by atoms with Gasteiger partial charge in [-0.25, -0.2) is 9.59 Å². The summed E-state index contributed by atoms with van der Waals surface area (Å²) < 4.78 is 56.6. The summed E-state index contributed by atoms with van der Waals surface area (Å²) in [7, 11) is 0. The summed E-state index contributed by atoms with van der Waals surface area (Å²) in [6.07, 6.45) is -2.12. The zero-order valence-corrected chi connectivity index (χ0v) is 36.8. The summed E-state index contributed by atoms with van der Waals surface area (Å²) in [4.78, 5) is 95.9. The van der Waals surface area contributed by atoms with Gasteiger partial charge in [0.25, 0.3) is 11.8 Å². The van der Waals surface area contributed by atoms with Crippen LogP contribution in [0.2, 0.25) is 0 Å². The number of amides is 4. The molecule has 1 heterocycles. The Morgan fingerprint density at radius 3 is 2.22 bits per heavy atom. The van der Waals surface area contributed by atoms with E-state index in [9.17, 15) is 46.7 Å². The lowest BCUT2D eigenvalue weighted by atomic mass is 9.90. The molecule has 0 saturated carbocycles. The number of aryl methyl sites for hydroxylation is 1.